The molecule has 0 atom stereocenters. The van der Waals surface area contributed by atoms with Gasteiger partial charge in [-0.05, 0) is 49.7 Å². The van der Waals surface area contributed by atoms with Crippen molar-refractivity contribution in [3.63, 3.8) is 0 Å². The second kappa shape index (κ2) is 8.39. The Balaban J connectivity index is 1.87. The van der Waals surface area contributed by atoms with Crippen LogP contribution in [-0.2, 0) is 10.1 Å². The Morgan fingerprint density at radius 1 is 0.700 bits per heavy atom. The van der Waals surface area contributed by atoms with Crippen LogP contribution in [0.2, 0.25) is 0 Å². The van der Waals surface area contributed by atoms with Gasteiger partial charge in [0.2, 0.25) is 0 Å². The summed E-state index contributed by atoms with van der Waals surface area (Å²) in [7, 11) is -4.30. The predicted molar refractivity (Wildman–Crippen MR) is 110 cm³/mol. The zero-order valence-electron chi connectivity index (χ0n) is 16.1. The van der Waals surface area contributed by atoms with Gasteiger partial charge < -0.3 is 10.2 Å². The fourth-order valence-corrected chi connectivity index (χ4v) is 3.02. The molecule has 10 heteroatoms. The average Bonchev–Trinajstić information content (AvgIpc) is 2.67. The quantitative estimate of drug-likeness (QED) is 0.349. The van der Waals surface area contributed by atoms with E-state index in [1.165, 1.54) is 30.3 Å². The maximum Gasteiger partial charge on any atom is 0.294 e. The Morgan fingerprint density at radius 3 is 1.83 bits per heavy atom. The van der Waals surface area contributed by atoms with Crippen molar-refractivity contribution in [2.24, 2.45) is 20.5 Å². The smallest absolute Gasteiger partial charge is 0.294 e. The van der Waals surface area contributed by atoms with Crippen LogP contribution < -0.4 is 0 Å². The zero-order valence-corrected chi connectivity index (χ0v) is 16.9. The third-order valence-electron chi connectivity index (χ3n) is 4.10. The van der Waals surface area contributed by atoms with Crippen LogP contribution in [0.5, 0.6) is 11.5 Å². The third-order valence-corrected chi connectivity index (χ3v) is 4.97. The lowest BCUT2D eigenvalue weighted by molar-refractivity contribution is 0.452. The van der Waals surface area contributed by atoms with Crippen molar-refractivity contribution in [3.8, 4) is 11.5 Å². The number of aromatic hydroxyl groups is 2. The molecule has 9 nitrogen and oxygen atoms in total. The molecule has 0 aliphatic carbocycles. The predicted octanol–water partition coefficient (Wildman–Crippen LogP) is 5.79. The number of aryl methyl sites for hydroxylation is 2. The van der Waals surface area contributed by atoms with Gasteiger partial charge in [0.1, 0.15) is 22.9 Å². The first-order valence-electron chi connectivity index (χ1n) is 8.68. The normalized spacial score (nSPS) is 12.1. The van der Waals surface area contributed by atoms with Crippen LogP contribution in [0.4, 0.5) is 22.7 Å². The molecule has 0 amide bonds. The molecule has 0 spiro atoms. The van der Waals surface area contributed by atoms with Gasteiger partial charge in [-0.2, -0.15) is 18.6 Å². The third kappa shape index (κ3) is 5.04. The molecule has 3 rings (SSSR count). The highest BCUT2D eigenvalue weighted by molar-refractivity contribution is 7.85. The Morgan fingerprint density at radius 2 is 1.27 bits per heavy atom. The summed E-state index contributed by atoms with van der Waals surface area (Å²) in [5.41, 5.74) is 3.05. The molecule has 0 saturated carbocycles. The van der Waals surface area contributed by atoms with Crippen LogP contribution in [0.1, 0.15) is 11.1 Å². The Kier molecular flexibility index (Phi) is 5.90. The van der Waals surface area contributed by atoms with E-state index < -0.39 is 10.1 Å². The van der Waals surface area contributed by atoms with E-state index in [2.05, 4.69) is 20.5 Å². The molecule has 0 radical (unpaired) electrons. The lowest BCUT2D eigenvalue weighted by Gasteiger charge is -2.04. The van der Waals surface area contributed by atoms with E-state index in [0.717, 1.165) is 17.2 Å². The maximum atomic E-state index is 11.1. The fraction of sp³-hybridized carbons (Fsp3) is 0.100. The van der Waals surface area contributed by atoms with Crippen LogP contribution in [0.3, 0.4) is 0 Å². The van der Waals surface area contributed by atoms with Gasteiger partial charge in [-0.1, -0.05) is 17.7 Å². The van der Waals surface area contributed by atoms with Crippen LogP contribution in [0.25, 0.3) is 0 Å². The van der Waals surface area contributed by atoms with Gasteiger partial charge in [-0.3, -0.25) is 4.55 Å². The van der Waals surface area contributed by atoms with Crippen molar-refractivity contribution in [1.82, 2.24) is 0 Å². The highest BCUT2D eigenvalue weighted by Crippen LogP contribution is 2.39. The highest BCUT2D eigenvalue weighted by atomic mass is 32.2. The van der Waals surface area contributed by atoms with Gasteiger partial charge in [0, 0.05) is 12.1 Å². The molecule has 0 aliphatic heterocycles. The van der Waals surface area contributed by atoms with E-state index in [9.17, 15) is 18.6 Å². The zero-order chi connectivity index (χ0) is 21.9. The fourth-order valence-electron chi connectivity index (χ4n) is 2.54. The van der Waals surface area contributed by atoms with Crippen molar-refractivity contribution in [3.05, 3.63) is 65.7 Å². The molecule has 3 aromatic rings. The molecule has 30 heavy (non-hydrogen) atoms. The Labute approximate surface area is 172 Å². The van der Waals surface area contributed by atoms with E-state index in [-0.39, 0.29) is 33.5 Å². The summed E-state index contributed by atoms with van der Waals surface area (Å²) >= 11 is 0. The lowest BCUT2D eigenvalue weighted by atomic mass is 10.1. The number of hydrogen-bond acceptors (Lipinski definition) is 8. The van der Waals surface area contributed by atoms with Gasteiger partial charge in [-0.15, -0.1) is 10.2 Å². The van der Waals surface area contributed by atoms with Gasteiger partial charge in [0.25, 0.3) is 10.1 Å². The summed E-state index contributed by atoms with van der Waals surface area (Å²) < 4.78 is 31.1. The summed E-state index contributed by atoms with van der Waals surface area (Å²) in [4.78, 5) is -0.275. The first-order chi connectivity index (χ1) is 14.1. The highest BCUT2D eigenvalue weighted by Gasteiger charge is 2.10. The molecule has 0 saturated heterocycles. The number of benzene rings is 3. The van der Waals surface area contributed by atoms with Crippen molar-refractivity contribution in [1.29, 1.82) is 0 Å². The molecule has 154 valence electrons. The summed E-state index contributed by atoms with van der Waals surface area (Å²) in [6.45, 7) is 3.86. The van der Waals surface area contributed by atoms with Crippen LogP contribution >= 0.6 is 0 Å². The van der Waals surface area contributed by atoms with Gasteiger partial charge in [0.05, 0.1) is 16.3 Å². The monoisotopic (exact) mass is 426 g/mol. The van der Waals surface area contributed by atoms with Crippen molar-refractivity contribution in [2.45, 2.75) is 18.7 Å². The molecule has 0 fully saturated rings. The minimum absolute atomic E-state index is 0.0289. The van der Waals surface area contributed by atoms with E-state index in [1.54, 1.807) is 0 Å². The Bertz CT molecular complexity index is 1250. The topological polar surface area (TPSA) is 144 Å². The van der Waals surface area contributed by atoms with Gasteiger partial charge >= 0.3 is 0 Å². The maximum absolute atomic E-state index is 11.1. The summed E-state index contributed by atoms with van der Waals surface area (Å²) in [5, 5.41) is 36.0. The molecule has 3 N–H and O–H groups in total. The first kappa shape index (κ1) is 21.1. The molecule has 3 aromatic carbocycles. The number of nitrogens with zero attached hydrogens (tertiary/aromatic N) is 4. The number of phenols is 2. The number of azo groups is 2. The lowest BCUT2D eigenvalue weighted by Crippen LogP contribution is -1.96. The minimum Gasteiger partial charge on any atom is -0.505 e. The Hall–Kier alpha value is -3.63. The second-order valence-corrected chi connectivity index (χ2v) is 7.91. The summed E-state index contributed by atoms with van der Waals surface area (Å²) in [6.07, 6.45) is 0. The van der Waals surface area contributed by atoms with Gasteiger partial charge in [0.15, 0.2) is 0 Å². The summed E-state index contributed by atoms with van der Waals surface area (Å²) in [5.74, 6) is -0.603. The molecule has 0 bridgehead atoms. The van der Waals surface area contributed by atoms with E-state index >= 15 is 0 Å². The first-order valence-corrected chi connectivity index (χ1v) is 10.1. The molecule has 0 aliphatic rings. The molecular weight excluding hydrogens is 408 g/mol. The van der Waals surface area contributed by atoms with Crippen LogP contribution in [0, 0.1) is 13.8 Å². The molecular formula is C20H18N4O5S. The molecule has 0 aromatic heterocycles. The SMILES string of the molecule is Cc1ccc(N=Nc2cc(N=Nc3ccc(S(=O)(=O)O)cc3)c(O)cc2O)c(C)c1. The molecule has 0 unspecified atom stereocenters. The van der Waals surface area contributed by atoms with Crippen LogP contribution in [0.15, 0.2) is 79.9 Å². The standard InChI is InChI=1S/C20H18N4O5S/c1-12-3-8-16(13(2)9-12)22-24-18-10-17(19(25)11-20(18)26)23-21-14-4-6-15(7-5-14)30(27,28)29/h3-11,25-26H,1-2H3,(H,27,28,29). The van der Waals surface area contributed by atoms with Gasteiger partial charge in [-0.25, -0.2) is 0 Å². The number of phenolic OH excluding ortho intramolecular Hbond substituents is 2. The average molecular weight is 426 g/mol. The number of rotatable bonds is 5. The molecule has 0 heterocycles. The van der Waals surface area contributed by atoms with Crippen molar-refractivity contribution < 1.29 is 23.2 Å². The number of hydrogen-bond donors (Lipinski definition) is 3. The van der Waals surface area contributed by atoms with Crippen LogP contribution in [-0.4, -0.2) is 23.2 Å². The van der Waals surface area contributed by atoms with E-state index in [4.69, 9.17) is 4.55 Å². The van der Waals surface area contributed by atoms with Crippen molar-refractivity contribution >= 4 is 32.9 Å². The largest absolute Gasteiger partial charge is 0.505 e. The van der Waals surface area contributed by atoms with Crippen molar-refractivity contribution in [2.75, 3.05) is 0 Å². The van der Waals surface area contributed by atoms with E-state index in [0.29, 0.717) is 5.69 Å². The second-order valence-electron chi connectivity index (χ2n) is 6.49. The van der Waals surface area contributed by atoms with E-state index in [1.807, 2.05) is 32.0 Å². The summed E-state index contributed by atoms with van der Waals surface area (Å²) in [6, 6.07) is 13.1. The minimum atomic E-state index is -4.30.